The number of piperazine rings is 1. The van der Waals surface area contributed by atoms with Crippen molar-refractivity contribution in [2.45, 2.75) is 0 Å². The van der Waals surface area contributed by atoms with Gasteiger partial charge < -0.3 is 10.6 Å². The number of rotatable bonds is 5. The second-order valence-electron chi connectivity index (χ2n) is 4.77. The highest BCUT2D eigenvalue weighted by Crippen LogP contribution is 2.22. The van der Waals surface area contributed by atoms with Crippen LogP contribution in [0.2, 0.25) is 0 Å². The van der Waals surface area contributed by atoms with E-state index in [1.165, 1.54) is 18.2 Å². The van der Waals surface area contributed by atoms with Crippen LogP contribution in [0, 0.1) is 10.1 Å². The molecule has 1 aliphatic rings. The Hall–Kier alpha value is -1.51. The van der Waals surface area contributed by atoms with Crippen LogP contribution in [0.3, 0.4) is 0 Å². The van der Waals surface area contributed by atoms with Crippen LogP contribution in [0.5, 0.6) is 0 Å². The van der Waals surface area contributed by atoms with Crippen molar-refractivity contribution in [2.24, 2.45) is 0 Å². The first kappa shape index (κ1) is 15.9. The van der Waals surface area contributed by atoms with E-state index in [0.29, 0.717) is 11.0 Å². The minimum Gasteiger partial charge on any atom is -0.351 e. The standard InChI is InChI=1S/C13H17BrN4O3/c14-12-2-1-10(18(20)21)9-11(12)13(19)16-5-8-17-6-3-15-4-7-17/h1-2,9,15H,3-8H2,(H,16,19). The summed E-state index contributed by atoms with van der Waals surface area (Å²) in [4.78, 5) is 24.6. The molecule has 2 rings (SSSR count). The molecule has 2 N–H and O–H groups in total. The molecule has 1 heterocycles. The topological polar surface area (TPSA) is 87.5 Å². The van der Waals surface area contributed by atoms with Gasteiger partial charge >= 0.3 is 0 Å². The van der Waals surface area contributed by atoms with Crippen LogP contribution < -0.4 is 10.6 Å². The zero-order valence-corrected chi connectivity index (χ0v) is 13.1. The molecule has 1 aromatic carbocycles. The van der Waals surface area contributed by atoms with Crippen molar-refractivity contribution < 1.29 is 9.72 Å². The zero-order valence-electron chi connectivity index (χ0n) is 11.5. The van der Waals surface area contributed by atoms with Gasteiger partial charge in [0.1, 0.15) is 0 Å². The Morgan fingerprint density at radius 1 is 1.43 bits per heavy atom. The minimum atomic E-state index is -0.510. The van der Waals surface area contributed by atoms with Crippen LogP contribution in [0.15, 0.2) is 22.7 Å². The number of nitro groups is 1. The second kappa shape index (κ2) is 7.48. The Morgan fingerprint density at radius 3 is 2.81 bits per heavy atom. The predicted molar refractivity (Wildman–Crippen MR) is 82.4 cm³/mol. The van der Waals surface area contributed by atoms with E-state index >= 15 is 0 Å². The van der Waals surface area contributed by atoms with E-state index in [9.17, 15) is 14.9 Å². The molecule has 0 radical (unpaired) electrons. The number of amides is 1. The summed E-state index contributed by atoms with van der Waals surface area (Å²) in [5.41, 5.74) is 0.190. The van der Waals surface area contributed by atoms with Crippen LogP contribution in [0.1, 0.15) is 10.4 Å². The van der Waals surface area contributed by atoms with Gasteiger partial charge in [0.25, 0.3) is 11.6 Å². The number of hydrogen-bond acceptors (Lipinski definition) is 5. The summed E-state index contributed by atoms with van der Waals surface area (Å²) < 4.78 is 0.549. The normalized spacial score (nSPS) is 15.7. The average molecular weight is 357 g/mol. The SMILES string of the molecule is O=C(NCCN1CCNCC1)c1cc([N+](=O)[O-])ccc1Br. The first-order valence-electron chi connectivity index (χ1n) is 6.73. The van der Waals surface area contributed by atoms with Gasteiger partial charge in [0.05, 0.1) is 10.5 Å². The third kappa shape index (κ3) is 4.48. The molecule has 1 aromatic rings. The largest absolute Gasteiger partial charge is 0.351 e. The summed E-state index contributed by atoms with van der Waals surface area (Å²) in [5.74, 6) is -0.305. The van der Waals surface area contributed by atoms with Crippen LogP contribution in [-0.2, 0) is 0 Å². The molecule has 0 aliphatic carbocycles. The Balaban J connectivity index is 1.90. The number of non-ortho nitro benzene ring substituents is 1. The average Bonchev–Trinajstić information content (AvgIpc) is 2.48. The van der Waals surface area contributed by atoms with Gasteiger partial charge in [-0.05, 0) is 22.0 Å². The van der Waals surface area contributed by atoms with Crippen LogP contribution >= 0.6 is 15.9 Å². The van der Waals surface area contributed by atoms with E-state index in [1.54, 1.807) is 0 Å². The van der Waals surface area contributed by atoms with E-state index in [4.69, 9.17) is 0 Å². The molecule has 0 saturated carbocycles. The van der Waals surface area contributed by atoms with E-state index in [1.807, 2.05) is 0 Å². The van der Waals surface area contributed by atoms with Crippen LogP contribution in [0.25, 0.3) is 0 Å². The van der Waals surface area contributed by atoms with Crippen LogP contribution in [-0.4, -0.2) is 55.0 Å². The van der Waals surface area contributed by atoms with E-state index in [2.05, 4.69) is 31.5 Å². The first-order chi connectivity index (χ1) is 10.1. The van der Waals surface area contributed by atoms with Gasteiger partial charge in [0.2, 0.25) is 0 Å². The summed E-state index contributed by atoms with van der Waals surface area (Å²) in [6.45, 7) is 5.16. The molecule has 114 valence electrons. The number of benzene rings is 1. The summed E-state index contributed by atoms with van der Waals surface area (Å²) in [6.07, 6.45) is 0. The fourth-order valence-corrected chi connectivity index (χ4v) is 2.59. The molecular weight excluding hydrogens is 340 g/mol. The lowest BCUT2D eigenvalue weighted by atomic mass is 10.2. The fraction of sp³-hybridized carbons (Fsp3) is 0.462. The molecule has 1 fully saturated rings. The Labute approximate surface area is 131 Å². The van der Waals surface area contributed by atoms with Gasteiger partial charge in [0.15, 0.2) is 0 Å². The number of halogens is 1. The molecule has 0 atom stereocenters. The fourth-order valence-electron chi connectivity index (χ4n) is 2.16. The second-order valence-corrected chi connectivity index (χ2v) is 5.62. The van der Waals surface area contributed by atoms with Crippen molar-refractivity contribution in [2.75, 3.05) is 39.3 Å². The number of carbonyl (C=O) groups excluding carboxylic acids is 1. The molecule has 0 unspecified atom stereocenters. The van der Waals surface area contributed by atoms with E-state index < -0.39 is 4.92 Å². The molecule has 0 aromatic heterocycles. The van der Waals surface area contributed by atoms with E-state index in [0.717, 1.165) is 32.7 Å². The minimum absolute atomic E-state index is 0.0922. The number of nitrogens with one attached hydrogen (secondary N) is 2. The maximum absolute atomic E-state index is 12.1. The number of hydrogen-bond donors (Lipinski definition) is 2. The smallest absolute Gasteiger partial charge is 0.270 e. The zero-order chi connectivity index (χ0) is 15.2. The summed E-state index contributed by atoms with van der Waals surface area (Å²) >= 11 is 3.25. The Morgan fingerprint density at radius 2 is 2.14 bits per heavy atom. The predicted octanol–water partition coefficient (Wildman–Crippen LogP) is 0.992. The Kier molecular flexibility index (Phi) is 5.66. The van der Waals surface area contributed by atoms with Crippen molar-refractivity contribution in [3.63, 3.8) is 0 Å². The first-order valence-corrected chi connectivity index (χ1v) is 7.52. The lowest BCUT2D eigenvalue weighted by molar-refractivity contribution is -0.384. The van der Waals surface area contributed by atoms with Crippen molar-refractivity contribution >= 4 is 27.5 Å². The van der Waals surface area contributed by atoms with Gasteiger partial charge in [-0.2, -0.15) is 0 Å². The maximum atomic E-state index is 12.1. The Bertz CT molecular complexity index is 532. The monoisotopic (exact) mass is 356 g/mol. The molecule has 1 aliphatic heterocycles. The molecule has 0 spiro atoms. The lowest BCUT2D eigenvalue weighted by Gasteiger charge is -2.27. The lowest BCUT2D eigenvalue weighted by Crippen LogP contribution is -2.46. The highest BCUT2D eigenvalue weighted by Gasteiger charge is 2.16. The van der Waals surface area contributed by atoms with Crippen molar-refractivity contribution in [3.05, 3.63) is 38.3 Å². The van der Waals surface area contributed by atoms with Crippen molar-refractivity contribution in [1.82, 2.24) is 15.5 Å². The van der Waals surface area contributed by atoms with Gasteiger partial charge in [-0.3, -0.25) is 19.8 Å². The van der Waals surface area contributed by atoms with Gasteiger partial charge in [-0.25, -0.2) is 0 Å². The molecular formula is C13H17BrN4O3. The quantitative estimate of drug-likeness (QED) is 0.606. The molecule has 1 amide bonds. The van der Waals surface area contributed by atoms with Crippen LogP contribution in [0.4, 0.5) is 5.69 Å². The third-order valence-corrected chi connectivity index (χ3v) is 4.02. The highest BCUT2D eigenvalue weighted by atomic mass is 79.9. The van der Waals surface area contributed by atoms with Crippen molar-refractivity contribution in [3.8, 4) is 0 Å². The maximum Gasteiger partial charge on any atom is 0.270 e. The number of nitrogens with zero attached hydrogens (tertiary/aromatic N) is 2. The third-order valence-electron chi connectivity index (χ3n) is 3.33. The highest BCUT2D eigenvalue weighted by molar-refractivity contribution is 9.10. The summed E-state index contributed by atoms with van der Waals surface area (Å²) in [7, 11) is 0. The van der Waals surface area contributed by atoms with Gasteiger partial charge in [-0.15, -0.1) is 0 Å². The van der Waals surface area contributed by atoms with E-state index in [-0.39, 0.29) is 17.2 Å². The summed E-state index contributed by atoms with van der Waals surface area (Å²) in [6, 6.07) is 4.16. The summed E-state index contributed by atoms with van der Waals surface area (Å²) in [5, 5.41) is 16.8. The molecule has 0 bridgehead atoms. The number of carbonyl (C=O) groups is 1. The van der Waals surface area contributed by atoms with Gasteiger partial charge in [0, 0.05) is 55.9 Å². The molecule has 21 heavy (non-hydrogen) atoms. The van der Waals surface area contributed by atoms with Gasteiger partial charge in [-0.1, -0.05) is 0 Å². The molecule has 8 heteroatoms. The number of nitro benzene ring substituents is 1. The van der Waals surface area contributed by atoms with Crippen molar-refractivity contribution in [1.29, 1.82) is 0 Å². The molecule has 1 saturated heterocycles. The molecule has 7 nitrogen and oxygen atoms in total.